The molecule has 0 saturated heterocycles. The van der Waals surface area contributed by atoms with Crippen LogP contribution >= 0.6 is 0 Å². The van der Waals surface area contributed by atoms with Gasteiger partial charge >= 0.3 is 0 Å². The topological polar surface area (TPSA) is 64.6 Å². The SMILES string of the molecule is CCOc1c(OC)cccc1C1CC(=O)NC2=C1C(=O)CC(c1ccc(CC)cc1)C2. The highest BCUT2D eigenvalue weighted by Gasteiger charge is 2.39. The van der Waals surface area contributed by atoms with Crippen LogP contribution in [0, 0.1) is 0 Å². The molecule has 1 amide bonds. The number of Topliss-reactive ketones (excluding diaryl/α,β-unsaturated/α-hetero) is 1. The highest BCUT2D eigenvalue weighted by Crippen LogP contribution is 2.46. The molecule has 4 rings (SSSR count). The van der Waals surface area contributed by atoms with Gasteiger partial charge in [0, 0.05) is 35.6 Å². The number of ether oxygens (including phenoxy) is 2. The van der Waals surface area contributed by atoms with Crippen molar-refractivity contribution < 1.29 is 19.1 Å². The van der Waals surface area contributed by atoms with Crippen LogP contribution in [-0.4, -0.2) is 25.4 Å². The molecule has 1 aliphatic carbocycles. The van der Waals surface area contributed by atoms with E-state index in [1.54, 1.807) is 7.11 Å². The highest BCUT2D eigenvalue weighted by molar-refractivity contribution is 6.02. The number of carbonyl (C=O) groups excluding carboxylic acids is 2. The zero-order chi connectivity index (χ0) is 22.0. The van der Waals surface area contributed by atoms with Crippen molar-refractivity contribution in [1.29, 1.82) is 0 Å². The fourth-order valence-corrected chi connectivity index (χ4v) is 4.75. The summed E-state index contributed by atoms with van der Waals surface area (Å²) in [6, 6.07) is 14.1. The third-order valence-electron chi connectivity index (χ3n) is 6.29. The van der Waals surface area contributed by atoms with E-state index in [0.29, 0.717) is 30.9 Å². The van der Waals surface area contributed by atoms with E-state index in [1.807, 2.05) is 25.1 Å². The van der Waals surface area contributed by atoms with Gasteiger partial charge in [0.2, 0.25) is 5.91 Å². The minimum absolute atomic E-state index is 0.0659. The first kappa shape index (κ1) is 21.2. The lowest BCUT2D eigenvalue weighted by atomic mass is 9.73. The Morgan fingerprint density at radius 3 is 2.45 bits per heavy atom. The van der Waals surface area contributed by atoms with Crippen LogP contribution in [-0.2, 0) is 16.0 Å². The third kappa shape index (κ3) is 4.09. The largest absolute Gasteiger partial charge is 0.493 e. The van der Waals surface area contributed by atoms with Crippen LogP contribution in [0.15, 0.2) is 53.7 Å². The Kier molecular flexibility index (Phi) is 6.12. The maximum atomic E-state index is 13.4. The zero-order valence-corrected chi connectivity index (χ0v) is 18.4. The molecule has 1 heterocycles. The molecule has 0 aromatic heterocycles. The first-order chi connectivity index (χ1) is 15.0. The lowest BCUT2D eigenvalue weighted by Gasteiger charge is -2.35. The summed E-state index contributed by atoms with van der Waals surface area (Å²) in [5, 5.41) is 3.00. The van der Waals surface area contributed by atoms with Crippen molar-refractivity contribution in [2.75, 3.05) is 13.7 Å². The van der Waals surface area contributed by atoms with Gasteiger partial charge in [-0.1, -0.05) is 43.3 Å². The summed E-state index contributed by atoms with van der Waals surface area (Å²) in [7, 11) is 1.60. The molecule has 2 aromatic rings. The van der Waals surface area contributed by atoms with Crippen molar-refractivity contribution in [3.63, 3.8) is 0 Å². The summed E-state index contributed by atoms with van der Waals surface area (Å²) in [6.07, 6.45) is 2.32. The molecule has 162 valence electrons. The predicted octanol–water partition coefficient (Wildman–Crippen LogP) is 4.66. The monoisotopic (exact) mass is 419 g/mol. The molecule has 0 fully saturated rings. The quantitative estimate of drug-likeness (QED) is 0.740. The second-order valence-electron chi connectivity index (χ2n) is 8.13. The van der Waals surface area contributed by atoms with Crippen molar-refractivity contribution in [2.24, 2.45) is 0 Å². The third-order valence-corrected chi connectivity index (χ3v) is 6.29. The van der Waals surface area contributed by atoms with E-state index in [4.69, 9.17) is 9.47 Å². The van der Waals surface area contributed by atoms with Gasteiger partial charge in [0.1, 0.15) is 0 Å². The Morgan fingerprint density at radius 1 is 1.00 bits per heavy atom. The number of methoxy groups -OCH3 is 1. The summed E-state index contributed by atoms with van der Waals surface area (Å²) in [5.41, 5.74) is 4.73. The fourth-order valence-electron chi connectivity index (χ4n) is 4.75. The number of rotatable bonds is 6. The van der Waals surface area contributed by atoms with Gasteiger partial charge in [0.05, 0.1) is 13.7 Å². The molecule has 31 heavy (non-hydrogen) atoms. The van der Waals surface area contributed by atoms with Crippen LogP contribution in [0.1, 0.15) is 61.6 Å². The smallest absolute Gasteiger partial charge is 0.225 e. The van der Waals surface area contributed by atoms with E-state index >= 15 is 0 Å². The summed E-state index contributed by atoms with van der Waals surface area (Å²) in [5.74, 6) is 1.02. The van der Waals surface area contributed by atoms with Crippen molar-refractivity contribution in [1.82, 2.24) is 5.32 Å². The summed E-state index contributed by atoms with van der Waals surface area (Å²) < 4.78 is 11.4. The number of aryl methyl sites for hydroxylation is 1. The number of benzene rings is 2. The average molecular weight is 420 g/mol. The molecule has 2 aliphatic rings. The van der Waals surface area contributed by atoms with Gasteiger partial charge in [0.25, 0.3) is 0 Å². The number of carbonyl (C=O) groups is 2. The lowest BCUT2D eigenvalue weighted by molar-refractivity contribution is -0.122. The van der Waals surface area contributed by atoms with Crippen molar-refractivity contribution in [3.8, 4) is 11.5 Å². The van der Waals surface area contributed by atoms with E-state index in [2.05, 4.69) is 36.5 Å². The number of amides is 1. The van der Waals surface area contributed by atoms with E-state index in [1.165, 1.54) is 5.56 Å². The second kappa shape index (κ2) is 8.96. The standard InChI is InChI=1S/C26H29NO4/c1-4-16-9-11-17(12-10-16)18-13-21-25(22(28)14-18)20(15-24(29)27-21)19-7-6-8-23(30-3)26(19)31-5-2/h6-12,18,20H,4-5,13-15H2,1-3H3,(H,27,29). The molecule has 2 atom stereocenters. The van der Waals surface area contributed by atoms with Crippen molar-refractivity contribution >= 4 is 11.7 Å². The molecule has 5 nitrogen and oxygen atoms in total. The zero-order valence-electron chi connectivity index (χ0n) is 18.4. The van der Waals surface area contributed by atoms with Crippen LogP contribution in [0.25, 0.3) is 0 Å². The second-order valence-corrected chi connectivity index (χ2v) is 8.13. The normalized spacial score (nSPS) is 20.9. The predicted molar refractivity (Wildman–Crippen MR) is 119 cm³/mol. The molecule has 2 aromatic carbocycles. The number of allylic oxidation sites excluding steroid dienone is 2. The molecule has 1 aliphatic heterocycles. The first-order valence-electron chi connectivity index (χ1n) is 11.0. The molecule has 2 unspecified atom stereocenters. The van der Waals surface area contributed by atoms with Gasteiger partial charge in [-0.3, -0.25) is 9.59 Å². The Balaban J connectivity index is 1.73. The van der Waals surface area contributed by atoms with E-state index in [-0.39, 0.29) is 29.9 Å². The number of para-hydroxylation sites is 1. The summed E-state index contributed by atoms with van der Waals surface area (Å²) >= 11 is 0. The average Bonchev–Trinajstić information content (AvgIpc) is 2.78. The number of nitrogens with one attached hydrogen (secondary N) is 1. The molecule has 0 bridgehead atoms. The molecule has 1 N–H and O–H groups in total. The van der Waals surface area contributed by atoms with Gasteiger partial charge in [-0.2, -0.15) is 0 Å². The first-order valence-corrected chi connectivity index (χ1v) is 11.0. The Hall–Kier alpha value is -3.08. The van der Waals surface area contributed by atoms with Gasteiger partial charge in [-0.05, 0) is 42.9 Å². The van der Waals surface area contributed by atoms with E-state index in [9.17, 15) is 9.59 Å². The van der Waals surface area contributed by atoms with Gasteiger partial charge in [-0.15, -0.1) is 0 Å². The molecule has 5 heteroatoms. The lowest BCUT2D eigenvalue weighted by Crippen LogP contribution is -2.38. The van der Waals surface area contributed by atoms with Gasteiger partial charge in [0.15, 0.2) is 17.3 Å². The minimum Gasteiger partial charge on any atom is -0.493 e. The Bertz CT molecular complexity index is 1020. The Morgan fingerprint density at radius 2 is 1.77 bits per heavy atom. The number of hydrogen-bond donors (Lipinski definition) is 1. The Labute approximate surface area is 183 Å². The molecular weight excluding hydrogens is 390 g/mol. The molecular formula is C26H29NO4. The van der Waals surface area contributed by atoms with Gasteiger partial charge < -0.3 is 14.8 Å². The van der Waals surface area contributed by atoms with Crippen LogP contribution in [0.4, 0.5) is 0 Å². The number of hydrogen-bond acceptors (Lipinski definition) is 4. The maximum absolute atomic E-state index is 13.4. The van der Waals surface area contributed by atoms with Crippen LogP contribution in [0.2, 0.25) is 0 Å². The van der Waals surface area contributed by atoms with Crippen molar-refractivity contribution in [3.05, 3.63) is 70.4 Å². The van der Waals surface area contributed by atoms with Crippen molar-refractivity contribution in [2.45, 2.75) is 51.4 Å². The highest BCUT2D eigenvalue weighted by atomic mass is 16.5. The number of ketones is 1. The summed E-state index contributed by atoms with van der Waals surface area (Å²) in [4.78, 5) is 26.0. The minimum atomic E-state index is -0.323. The van der Waals surface area contributed by atoms with E-state index in [0.717, 1.165) is 28.8 Å². The molecule has 0 spiro atoms. The molecule has 0 radical (unpaired) electrons. The molecule has 0 saturated carbocycles. The van der Waals surface area contributed by atoms with E-state index < -0.39 is 0 Å². The van der Waals surface area contributed by atoms with Crippen LogP contribution < -0.4 is 14.8 Å². The van der Waals surface area contributed by atoms with Crippen LogP contribution in [0.5, 0.6) is 11.5 Å². The van der Waals surface area contributed by atoms with Gasteiger partial charge in [-0.25, -0.2) is 0 Å². The van der Waals surface area contributed by atoms with Crippen LogP contribution in [0.3, 0.4) is 0 Å². The maximum Gasteiger partial charge on any atom is 0.225 e. The fraction of sp³-hybridized carbons (Fsp3) is 0.385. The summed E-state index contributed by atoms with van der Waals surface area (Å²) in [6.45, 7) is 4.51.